The third-order valence-electron chi connectivity index (χ3n) is 4.13. The van der Waals surface area contributed by atoms with Gasteiger partial charge in [0.05, 0.1) is 0 Å². The van der Waals surface area contributed by atoms with Gasteiger partial charge in [0, 0.05) is 12.5 Å². The average Bonchev–Trinajstić information content (AvgIpc) is 2.31. The van der Waals surface area contributed by atoms with Crippen LogP contribution in [-0.4, -0.2) is 19.3 Å². The number of alkyl halides is 1. The van der Waals surface area contributed by atoms with E-state index < -0.39 is 6.17 Å². The number of piperidine rings is 1. The number of nitrogens with one attached hydrogen (secondary N) is 1. The molecule has 0 radical (unpaired) electrons. The number of hydrogen-bond donors (Lipinski definition) is 1. The molecule has 0 aromatic heterocycles. The van der Waals surface area contributed by atoms with Crippen LogP contribution in [0.4, 0.5) is 4.39 Å². The number of halogens is 1. The molecule has 2 fully saturated rings. The Hall–Kier alpha value is -0.110. The first-order chi connectivity index (χ1) is 7.36. The molecule has 88 valence electrons. The molecule has 1 N–H and O–H groups in total. The summed E-state index contributed by atoms with van der Waals surface area (Å²) >= 11 is 0. The Labute approximate surface area is 92.8 Å². The van der Waals surface area contributed by atoms with Crippen molar-refractivity contribution in [3.8, 4) is 0 Å². The first-order valence-corrected chi connectivity index (χ1v) is 6.71. The maximum atomic E-state index is 14.0. The van der Waals surface area contributed by atoms with Crippen molar-refractivity contribution in [2.75, 3.05) is 13.1 Å². The van der Waals surface area contributed by atoms with Crippen molar-refractivity contribution >= 4 is 0 Å². The van der Waals surface area contributed by atoms with Crippen LogP contribution >= 0.6 is 0 Å². The largest absolute Gasteiger partial charge is 0.316 e. The molecule has 1 heterocycles. The summed E-state index contributed by atoms with van der Waals surface area (Å²) in [4.78, 5) is 0. The van der Waals surface area contributed by atoms with Crippen molar-refractivity contribution in [1.82, 2.24) is 5.32 Å². The normalized spacial score (nSPS) is 31.4. The van der Waals surface area contributed by atoms with Gasteiger partial charge in [-0.15, -0.1) is 0 Å². The Bertz CT molecular complexity index is 171. The highest BCUT2D eigenvalue weighted by atomic mass is 19.1. The van der Waals surface area contributed by atoms with Gasteiger partial charge < -0.3 is 5.32 Å². The molecule has 0 aromatic carbocycles. The summed E-state index contributed by atoms with van der Waals surface area (Å²) in [6.07, 6.45) is 9.16. The zero-order valence-electron chi connectivity index (χ0n) is 9.68. The molecule has 2 rings (SSSR count). The zero-order chi connectivity index (χ0) is 10.5. The van der Waals surface area contributed by atoms with E-state index in [4.69, 9.17) is 0 Å². The third-order valence-corrected chi connectivity index (χ3v) is 4.13. The van der Waals surface area contributed by atoms with E-state index in [2.05, 4.69) is 5.32 Å². The molecule has 1 aliphatic carbocycles. The molecule has 0 amide bonds. The minimum atomic E-state index is -0.541. The van der Waals surface area contributed by atoms with E-state index in [0.717, 1.165) is 32.4 Å². The first kappa shape index (κ1) is 11.4. The van der Waals surface area contributed by atoms with E-state index in [1.165, 1.54) is 32.1 Å². The van der Waals surface area contributed by atoms with Crippen LogP contribution in [0, 0.1) is 11.8 Å². The smallest absolute Gasteiger partial charge is 0.104 e. The molecule has 2 unspecified atom stereocenters. The van der Waals surface area contributed by atoms with E-state index >= 15 is 0 Å². The van der Waals surface area contributed by atoms with Crippen molar-refractivity contribution in [2.45, 2.75) is 57.5 Å². The molecular formula is C13H24FN. The molecule has 15 heavy (non-hydrogen) atoms. The van der Waals surface area contributed by atoms with Crippen LogP contribution in [0.25, 0.3) is 0 Å². The predicted molar refractivity (Wildman–Crippen MR) is 61.7 cm³/mol. The van der Waals surface area contributed by atoms with Crippen LogP contribution in [0.15, 0.2) is 0 Å². The lowest BCUT2D eigenvalue weighted by Gasteiger charge is -2.29. The van der Waals surface area contributed by atoms with Crippen LogP contribution in [0.2, 0.25) is 0 Å². The molecule has 2 aliphatic rings. The maximum Gasteiger partial charge on any atom is 0.104 e. The Morgan fingerprint density at radius 1 is 1.07 bits per heavy atom. The van der Waals surface area contributed by atoms with Gasteiger partial charge in [0.2, 0.25) is 0 Å². The quantitative estimate of drug-likeness (QED) is 0.758. The van der Waals surface area contributed by atoms with Gasteiger partial charge in [-0.2, -0.15) is 0 Å². The van der Waals surface area contributed by atoms with Gasteiger partial charge in [-0.1, -0.05) is 32.1 Å². The van der Waals surface area contributed by atoms with Crippen molar-refractivity contribution < 1.29 is 4.39 Å². The van der Waals surface area contributed by atoms with Gasteiger partial charge in [0.15, 0.2) is 0 Å². The lowest BCUT2D eigenvalue weighted by Crippen LogP contribution is -2.35. The van der Waals surface area contributed by atoms with Crippen molar-refractivity contribution in [3.05, 3.63) is 0 Å². The highest BCUT2D eigenvalue weighted by molar-refractivity contribution is 4.79. The molecule has 0 aromatic rings. The van der Waals surface area contributed by atoms with Crippen molar-refractivity contribution in [2.24, 2.45) is 11.8 Å². The molecule has 2 heteroatoms. The van der Waals surface area contributed by atoms with Gasteiger partial charge in [0.25, 0.3) is 0 Å². The van der Waals surface area contributed by atoms with Crippen LogP contribution in [0.1, 0.15) is 51.4 Å². The van der Waals surface area contributed by atoms with Crippen molar-refractivity contribution in [3.63, 3.8) is 0 Å². The zero-order valence-corrected chi connectivity index (χ0v) is 9.68. The van der Waals surface area contributed by atoms with Crippen LogP contribution in [-0.2, 0) is 0 Å². The summed E-state index contributed by atoms with van der Waals surface area (Å²) in [6, 6.07) is 0. The number of hydrogen-bond acceptors (Lipinski definition) is 1. The van der Waals surface area contributed by atoms with Gasteiger partial charge in [-0.3, -0.25) is 0 Å². The Kier molecular flexibility index (Phi) is 4.42. The van der Waals surface area contributed by atoms with Gasteiger partial charge >= 0.3 is 0 Å². The summed E-state index contributed by atoms with van der Waals surface area (Å²) in [6.45, 7) is 2.00. The van der Waals surface area contributed by atoms with E-state index in [0.29, 0.717) is 11.8 Å². The molecule has 0 spiro atoms. The molecule has 1 saturated heterocycles. The molecule has 1 aliphatic heterocycles. The summed E-state index contributed by atoms with van der Waals surface area (Å²) in [5.41, 5.74) is 0. The SMILES string of the molecule is FC(CC1CCCCC1)C1CCCNC1. The van der Waals surface area contributed by atoms with Gasteiger partial charge in [-0.25, -0.2) is 4.39 Å². The molecule has 1 nitrogen and oxygen atoms in total. The summed E-state index contributed by atoms with van der Waals surface area (Å²) in [5.74, 6) is 0.997. The highest BCUT2D eigenvalue weighted by Crippen LogP contribution is 2.31. The second-order valence-corrected chi connectivity index (χ2v) is 5.36. The fourth-order valence-corrected chi connectivity index (χ4v) is 3.12. The lowest BCUT2D eigenvalue weighted by molar-refractivity contribution is 0.146. The lowest BCUT2D eigenvalue weighted by atomic mass is 9.82. The van der Waals surface area contributed by atoms with E-state index in [-0.39, 0.29) is 0 Å². The highest BCUT2D eigenvalue weighted by Gasteiger charge is 2.26. The standard InChI is InChI=1S/C13H24FN/c14-13(12-7-4-8-15-10-12)9-11-5-2-1-3-6-11/h11-13,15H,1-10H2. The minimum Gasteiger partial charge on any atom is -0.316 e. The van der Waals surface area contributed by atoms with Crippen molar-refractivity contribution in [1.29, 1.82) is 0 Å². The predicted octanol–water partition coefficient (Wildman–Crippen LogP) is 3.29. The number of rotatable bonds is 3. The van der Waals surface area contributed by atoms with E-state index in [1.54, 1.807) is 0 Å². The monoisotopic (exact) mass is 213 g/mol. The Balaban J connectivity index is 1.72. The fourth-order valence-electron chi connectivity index (χ4n) is 3.12. The first-order valence-electron chi connectivity index (χ1n) is 6.71. The summed E-state index contributed by atoms with van der Waals surface area (Å²) in [7, 11) is 0. The van der Waals surface area contributed by atoms with Crippen LogP contribution in [0.5, 0.6) is 0 Å². The summed E-state index contributed by atoms with van der Waals surface area (Å²) in [5, 5.41) is 3.31. The topological polar surface area (TPSA) is 12.0 Å². The molecule has 1 saturated carbocycles. The van der Waals surface area contributed by atoms with Gasteiger partial charge in [-0.05, 0) is 31.7 Å². The molecule has 0 bridgehead atoms. The molecule has 2 atom stereocenters. The third kappa shape index (κ3) is 3.44. The van der Waals surface area contributed by atoms with E-state index in [9.17, 15) is 4.39 Å². The summed E-state index contributed by atoms with van der Waals surface area (Å²) < 4.78 is 14.0. The van der Waals surface area contributed by atoms with Crippen LogP contribution in [0.3, 0.4) is 0 Å². The second-order valence-electron chi connectivity index (χ2n) is 5.36. The van der Waals surface area contributed by atoms with Gasteiger partial charge in [0.1, 0.15) is 6.17 Å². The minimum absolute atomic E-state index is 0.306. The molecular weight excluding hydrogens is 189 g/mol. The van der Waals surface area contributed by atoms with E-state index in [1.807, 2.05) is 0 Å². The second kappa shape index (κ2) is 5.83. The average molecular weight is 213 g/mol. The van der Waals surface area contributed by atoms with Crippen LogP contribution < -0.4 is 5.32 Å². The Morgan fingerprint density at radius 2 is 1.87 bits per heavy atom. The fraction of sp³-hybridized carbons (Fsp3) is 1.00. The Morgan fingerprint density at radius 3 is 2.53 bits per heavy atom. The maximum absolute atomic E-state index is 14.0.